The monoisotopic (exact) mass is 258 g/mol. The summed E-state index contributed by atoms with van der Waals surface area (Å²) in [7, 11) is 1.55. The van der Waals surface area contributed by atoms with E-state index in [1.807, 2.05) is 11.4 Å². The van der Waals surface area contributed by atoms with Crippen molar-refractivity contribution >= 4 is 22.9 Å². The zero-order valence-electron chi connectivity index (χ0n) is 10.0. The molecule has 0 bridgehead atoms. The van der Waals surface area contributed by atoms with Crippen molar-refractivity contribution in [2.75, 3.05) is 25.6 Å². The number of methoxy groups -OCH3 is 1. The second-order valence-corrected chi connectivity index (χ2v) is 4.68. The number of amides is 1. The summed E-state index contributed by atoms with van der Waals surface area (Å²) in [5.41, 5.74) is 0.830. The van der Waals surface area contributed by atoms with Gasteiger partial charge in [-0.25, -0.2) is 0 Å². The number of ether oxygens (including phenoxy) is 1. The van der Waals surface area contributed by atoms with Gasteiger partial charge in [0, 0.05) is 32.0 Å². The number of aliphatic hydroxyl groups is 1. The Morgan fingerprint density at radius 2 is 2.41 bits per heavy atom. The molecule has 0 aromatic carbocycles. The first-order chi connectivity index (χ1) is 8.13. The molecule has 1 amide bonds. The maximum Gasteiger partial charge on any atom is 0.221 e. The molecule has 5 nitrogen and oxygen atoms in total. The normalized spacial score (nSPS) is 12.4. The van der Waals surface area contributed by atoms with Gasteiger partial charge in [-0.3, -0.25) is 4.79 Å². The number of carbonyl (C=O) groups excluding carboxylic acids is 1. The topological polar surface area (TPSA) is 70.6 Å². The van der Waals surface area contributed by atoms with Gasteiger partial charge in [0.2, 0.25) is 5.91 Å². The van der Waals surface area contributed by atoms with E-state index in [-0.39, 0.29) is 5.91 Å². The Hall–Kier alpha value is -0.950. The molecule has 0 aliphatic carbocycles. The molecule has 0 fully saturated rings. The summed E-state index contributed by atoms with van der Waals surface area (Å²) in [5, 5.41) is 17.2. The zero-order valence-corrected chi connectivity index (χ0v) is 10.8. The predicted octanol–water partition coefficient (Wildman–Crippen LogP) is 0.803. The van der Waals surface area contributed by atoms with Gasteiger partial charge in [-0.05, 0) is 11.4 Å². The van der Waals surface area contributed by atoms with Crippen LogP contribution in [0.3, 0.4) is 0 Å². The average Bonchev–Trinajstić information content (AvgIpc) is 2.65. The van der Waals surface area contributed by atoms with Crippen molar-refractivity contribution < 1.29 is 14.6 Å². The highest BCUT2D eigenvalue weighted by Gasteiger charge is 2.07. The van der Waals surface area contributed by atoms with Crippen LogP contribution in [0.4, 0.5) is 5.69 Å². The first-order valence-electron chi connectivity index (χ1n) is 5.35. The number of carbonyl (C=O) groups is 1. The van der Waals surface area contributed by atoms with Crippen LogP contribution in [0.15, 0.2) is 11.4 Å². The first kappa shape index (κ1) is 14.1. The van der Waals surface area contributed by atoms with Crippen molar-refractivity contribution in [2.45, 2.75) is 19.6 Å². The number of nitrogens with one attached hydrogen (secondary N) is 2. The standard InChI is InChI=1S/C11H18N2O3S/c1-8(14)13-10-3-4-17-11(10)6-12-5-9(15)7-16-2/h3-4,9,12,15H,5-7H2,1-2H3,(H,13,14). The molecular weight excluding hydrogens is 240 g/mol. The maximum atomic E-state index is 10.9. The lowest BCUT2D eigenvalue weighted by Gasteiger charge is -2.10. The van der Waals surface area contributed by atoms with Crippen molar-refractivity contribution in [1.82, 2.24) is 5.32 Å². The van der Waals surface area contributed by atoms with Gasteiger partial charge in [0.15, 0.2) is 0 Å². The van der Waals surface area contributed by atoms with E-state index in [9.17, 15) is 9.90 Å². The first-order valence-corrected chi connectivity index (χ1v) is 6.23. The molecule has 0 spiro atoms. The zero-order chi connectivity index (χ0) is 12.7. The van der Waals surface area contributed by atoms with Crippen LogP contribution in [0.1, 0.15) is 11.8 Å². The summed E-state index contributed by atoms with van der Waals surface area (Å²) in [6.45, 7) is 2.88. The van der Waals surface area contributed by atoms with Crippen LogP contribution >= 0.6 is 11.3 Å². The fourth-order valence-electron chi connectivity index (χ4n) is 1.38. The lowest BCUT2D eigenvalue weighted by Crippen LogP contribution is -2.29. The molecule has 6 heteroatoms. The Labute approximate surface area is 105 Å². The minimum Gasteiger partial charge on any atom is -0.389 e. The number of rotatable bonds is 7. The Morgan fingerprint density at radius 3 is 3.06 bits per heavy atom. The SMILES string of the molecule is COCC(O)CNCc1sccc1NC(C)=O. The third-order valence-electron chi connectivity index (χ3n) is 2.08. The molecular formula is C11H18N2O3S. The number of thiophene rings is 1. The van der Waals surface area contributed by atoms with Crippen molar-refractivity contribution in [3.05, 3.63) is 16.3 Å². The highest BCUT2D eigenvalue weighted by atomic mass is 32.1. The van der Waals surface area contributed by atoms with Crippen LogP contribution in [0.5, 0.6) is 0 Å². The third kappa shape index (κ3) is 5.27. The highest BCUT2D eigenvalue weighted by Crippen LogP contribution is 2.21. The second-order valence-electron chi connectivity index (χ2n) is 3.68. The molecule has 96 valence electrons. The summed E-state index contributed by atoms with van der Waals surface area (Å²) in [6.07, 6.45) is -0.510. The Balaban J connectivity index is 2.36. The molecule has 1 heterocycles. The van der Waals surface area contributed by atoms with E-state index in [0.717, 1.165) is 10.6 Å². The van der Waals surface area contributed by atoms with Crippen LogP contribution in [-0.2, 0) is 16.1 Å². The van der Waals surface area contributed by atoms with Gasteiger partial charge in [0.1, 0.15) is 0 Å². The van der Waals surface area contributed by atoms with Gasteiger partial charge in [0.25, 0.3) is 0 Å². The molecule has 1 aromatic rings. The molecule has 3 N–H and O–H groups in total. The summed E-state index contributed by atoms with van der Waals surface area (Å²) in [4.78, 5) is 12.0. The quantitative estimate of drug-likeness (QED) is 0.676. The molecule has 17 heavy (non-hydrogen) atoms. The van der Waals surface area contributed by atoms with Crippen LogP contribution in [0.25, 0.3) is 0 Å². The van der Waals surface area contributed by atoms with Gasteiger partial charge in [-0.2, -0.15) is 0 Å². The van der Waals surface area contributed by atoms with E-state index in [2.05, 4.69) is 10.6 Å². The van der Waals surface area contributed by atoms with E-state index in [0.29, 0.717) is 19.7 Å². The molecule has 1 aromatic heterocycles. The van der Waals surface area contributed by atoms with Crippen molar-refractivity contribution in [3.8, 4) is 0 Å². The van der Waals surface area contributed by atoms with E-state index < -0.39 is 6.10 Å². The summed E-state index contributed by atoms with van der Waals surface area (Å²) in [6, 6.07) is 1.87. The molecule has 0 aliphatic heterocycles. The molecule has 0 saturated heterocycles. The summed E-state index contributed by atoms with van der Waals surface area (Å²) in [5.74, 6) is -0.0796. The molecule has 1 rings (SSSR count). The molecule has 0 aliphatic rings. The highest BCUT2D eigenvalue weighted by molar-refractivity contribution is 7.10. The largest absolute Gasteiger partial charge is 0.389 e. The summed E-state index contributed by atoms with van der Waals surface area (Å²) < 4.78 is 4.82. The van der Waals surface area contributed by atoms with E-state index in [1.54, 1.807) is 18.4 Å². The van der Waals surface area contributed by atoms with Gasteiger partial charge < -0.3 is 20.5 Å². The fraction of sp³-hybridized carbons (Fsp3) is 0.545. The summed E-state index contributed by atoms with van der Waals surface area (Å²) >= 11 is 1.57. The Morgan fingerprint density at radius 1 is 1.65 bits per heavy atom. The van der Waals surface area contributed by atoms with Crippen LogP contribution in [0, 0.1) is 0 Å². The number of hydrogen-bond acceptors (Lipinski definition) is 5. The van der Waals surface area contributed by atoms with Crippen molar-refractivity contribution in [3.63, 3.8) is 0 Å². The van der Waals surface area contributed by atoms with Crippen LogP contribution in [-0.4, -0.2) is 37.4 Å². The lowest BCUT2D eigenvalue weighted by molar-refractivity contribution is -0.114. The molecule has 0 radical (unpaired) electrons. The van der Waals surface area contributed by atoms with E-state index in [1.165, 1.54) is 6.92 Å². The van der Waals surface area contributed by atoms with E-state index >= 15 is 0 Å². The predicted molar refractivity (Wildman–Crippen MR) is 68.2 cm³/mol. The minimum atomic E-state index is -0.510. The Bertz CT molecular complexity index is 354. The fourth-order valence-corrected chi connectivity index (χ4v) is 2.18. The van der Waals surface area contributed by atoms with Crippen LogP contribution < -0.4 is 10.6 Å². The lowest BCUT2D eigenvalue weighted by atomic mass is 10.3. The van der Waals surface area contributed by atoms with Crippen molar-refractivity contribution in [1.29, 1.82) is 0 Å². The number of anilines is 1. The average molecular weight is 258 g/mol. The van der Waals surface area contributed by atoms with Crippen LogP contribution in [0.2, 0.25) is 0 Å². The smallest absolute Gasteiger partial charge is 0.221 e. The minimum absolute atomic E-state index is 0.0796. The number of aliphatic hydroxyl groups excluding tert-OH is 1. The van der Waals surface area contributed by atoms with E-state index in [4.69, 9.17) is 4.74 Å². The Kier molecular flexibility index (Phi) is 6.13. The van der Waals surface area contributed by atoms with Crippen molar-refractivity contribution in [2.24, 2.45) is 0 Å². The van der Waals surface area contributed by atoms with Gasteiger partial charge >= 0.3 is 0 Å². The molecule has 1 unspecified atom stereocenters. The van der Waals surface area contributed by atoms with Gasteiger partial charge in [-0.15, -0.1) is 11.3 Å². The maximum absolute atomic E-state index is 10.9. The van der Waals surface area contributed by atoms with Gasteiger partial charge in [-0.1, -0.05) is 0 Å². The third-order valence-corrected chi connectivity index (χ3v) is 3.00. The number of hydrogen-bond donors (Lipinski definition) is 3. The molecule has 1 atom stereocenters. The van der Waals surface area contributed by atoms with Gasteiger partial charge in [0.05, 0.1) is 18.4 Å². The second kappa shape index (κ2) is 7.39. The molecule has 0 saturated carbocycles.